The summed E-state index contributed by atoms with van der Waals surface area (Å²) in [6, 6.07) is 1.78. The molecule has 0 radical (unpaired) electrons. The normalized spacial score (nSPS) is 19.4. The molecule has 1 saturated heterocycles. The summed E-state index contributed by atoms with van der Waals surface area (Å²) >= 11 is 0. The quantitative estimate of drug-likeness (QED) is 0.907. The smallest absolute Gasteiger partial charge is 0.303 e. The van der Waals surface area contributed by atoms with E-state index in [2.05, 4.69) is 0 Å². The molecule has 19 heavy (non-hydrogen) atoms. The number of aliphatic carboxylic acids is 1. The highest BCUT2D eigenvalue weighted by molar-refractivity contribution is 5.93. The van der Waals surface area contributed by atoms with Gasteiger partial charge in [0.05, 0.1) is 6.26 Å². The Balaban J connectivity index is 2.08. The highest BCUT2D eigenvalue weighted by Crippen LogP contribution is 2.24. The predicted molar refractivity (Wildman–Crippen MR) is 69.0 cm³/mol. The summed E-state index contributed by atoms with van der Waals surface area (Å²) in [4.78, 5) is 24.9. The predicted octanol–water partition coefficient (Wildman–Crippen LogP) is 2.45. The molecule has 0 unspecified atom stereocenters. The second-order valence-corrected chi connectivity index (χ2v) is 5.01. The largest absolute Gasteiger partial charge is 0.481 e. The minimum atomic E-state index is -0.813. The van der Waals surface area contributed by atoms with E-state index >= 15 is 0 Å². The maximum atomic E-state index is 12.4. The lowest BCUT2D eigenvalue weighted by atomic mass is 9.97. The van der Waals surface area contributed by atoms with E-state index in [1.165, 1.54) is 6.26 Å². The van der Waals surface area contributed by atoms with Gasteiger partial charge < -0.3 is 14.4 Å². The van der Waals surface area contributed by atoms with Crippen LogP contribution < -0.4 is 0 Å². The number of hydrogen-bond donors (Lipinski definition) is 1. The van der Waals surface area contributed by atoms with Gasteiger partial charge in [0.25, 0.3) is 5.91 Å². The third-order valence-electron chi connectivity index (χ3n) is 3.64. The minimum Gasteiger partial charge on any atom is -0.481 e. The molecule has 0 bridgehead atoms. The molecule has 5 nitrogen and oxygen atoms in total. The summed E-state index contributed by atoms with van der Waals surface area (Å²) in [5.41, 5.74) is 0.826. The van der Waals surface area contributed by atoms with Gasteiger partial charge in [0.15, 0.2) is 5.76 Å². The Morgan fingerprint density at radius 2 is 2.26 bits per heavy atom. The van der Waals surface area contributed by atoms with E-state index in [1.807, 2.05) is 6.92 Å². The van der Waals surface area contributed by atoms with Crippen LogP contribution in [0.25, 0.3) is 0 Å². The van der Waals surface area contributed by atoms with Crippen LogP contribution in [0, 0.1) is 6.92 Å². The number of carboxylic acids is 1. The van der Waals surface area contributed by atoms with Gasteiger partial charge in [-0.15, -0.1) is 0 Å². The van der Waals surface area contributed by atoms with Crippen LogP contribution in [-0.4, -0.2) is 34.5 Å². The molecule has 2 rings (SSSR count). The van der Waals surface area contributed by atoms with Crippen molar-refractivity contribution in [1.82, 2.24) is 4.90 Å². The minimum absolute atomic E-state index is 0.0156. The SMILES string of the molecule is Cc1ccoc1C(=O)N1CCCC[C@H]1CCC(=O)O. The van der Waals surface area contributed by atoms with Crippen molar-refractivity contribution in [3.63, 3.8) is 0 Å². The Hall–Kier alpha value is -1.78. The molecule has 0 saturated carbocycles. The van der Waals surface area contributed by atoms with E-state index in [0.29, 0.717) is 18.7 Å². The van der Waals surface area contributed by atoms with Crippen molar-refractivity contribution >= 4 is 11.9 Å². The monoisotopic (exact) mass is 265 g/mol. The fourth-order valence-electron chi connectivity index (χ4n) is 2.58. The Morgan fingerprint density at radius 1 is 1.47 bits per heavy atom. The van der Waals surface area contributed by atoms with Gasteiger partial charge >= 0.3 is 5.97 Å². The van der Waals surface area contributed by atoms with Crippen molar-refractivity contribution in [2.45, 2.75) is 45.1 Å². The molecule has 2 heterocycles. The van der Waals surface area contributed by atoms with Crippen molar-refractivity contribution in [1.29, 1.82) is 0 Å². The number of carboxylic acid groups (broad SMARTS) is 1. The third-order valence-corrected chi connectivity index (χ3v) is 3.64. The summed E-state index contributed by atoms with van der Waals surface area (Å²) in [7, 11) is 0. The van der Waals surface area contributed by atoms with Crippen molar-refractivity contribution in [3.05, 3.63) is 23.7 Å². The average Bonchev–Trinajstić information content (AvgIpc) is 2.82. The third kappa shape index (κ3) is 3.16. The number of rotatable bonds is 4. The van der Waals surface area contributed by atoms with Crippen LogP contribution >= 0.6 is 0 Å². The van der Waals surface area contributed by atoms with Gasteiger partial charge in [0.1, 0.15) is 0 Å². The van der Waals surface area contributed by atoms with Crippen molar-refractivity contribution in [2.75, 3.05) is 6.54 Å². The molecule has 0 aromatic carbocycles. The van der Waals surface area contributed by atoms with Crippen LogP contribution in [0.15, 0.2) is 16.7 Å². The van der Waals surface area contributed by atoms with Crippen LogP contribution in [0.5, 0.6) is 0 Å². The van der Waals surface area contributed by atoms with E-state index in [-0.39, 0.29) is 18.4 Å². The molecular formula is C14H19NO4. The summed E-state index contributed by atoms with van der Waals surface area (Å²) in [5.74, 6) is -0.549. The first-order valence-corrected chi connectivity index (χ1v) is 6.66. The molecule has 1 fully saturated rings. The number of carbonyl (C=O) groups is 2. The number of likely N-dealkylation sites (tertiary alicyclic amines) is 1. The Morgan fingerprint density at radius 3 is 2.89 bits per heavy atom. The summed E-state index contributed by atoms with van der Waals surface area (Å²) in [6.07, 6.45) is 5.02. The van der Waals surface area contributed by atoms with Crippen LogP contribution in [0.3, 0.4) is 0 Å². The maximum absolute atomic E-state index is 12.4. The number of aryl methyl sites for hydroxylation is 1. The average molecular weight is 265 g/mol. The number of piperidine rings is 1. The second kappa shape index (κ2) is 5.91. The molecule has 5 heteroatoms. The van der Waals surface area contributed by atoms with Crippen molar-refractivity contribution in [2.24, 2.45) is 0 Å². The molecular weight excluding hydrogens is 246 g/mol. The van der Waals surface area contributed by atoms with E-state index < -0.39 is 5.97 Å². The van der Waals surface area contributed by atoms with E-state index in [1.54, 1.807) is 11.0 Å². The summed E-state index contributed by atoms with van der Waals surface area (Å²) in [5, 5.41) is 8.78. The standard InChI is InChI=1S/C14H19NO4/c1-10-7-9-19-13(10)14(18)15-8-3-2-4-11(15)5-6-12(16)17/h7,9,11H,2-6,8H2,1H3,(H,16,17)/t11-/m0/s1. The van der Waals surface area contributed by atoms with Gasteiger partial charge in [0.2, 0.25) is 0 Å². The maximum Gasteiger partial charge on any atom is 0.303 e. The van der Waals surface area contributed by atoms with Crippen molar-refractivity contribution < 1.29 is 19.1 Å². The lowest BCUT2D eigenvalue weighted by Gasteiger charge is -2.35. The second-order valence-electron chi connectivity index (χ2n) is 5.01. The lowest BCUT2D eigenvalue weighted by Crippen LogP contribution is -2.44. The molecule has 1 amide bonds. The Kier molecular flexibility index (Phi) is 4.24. The highest BCUT2D eigenvalue weighted by atomic mass is 16.4. The summed E-state index contributed by atoms with van der Waals surface area (Å²) in [6.45, 7) is 2.52. The zero-order valence-electron chi connectivity index (χ0n) is 11.1. The van der Waals surface area contributed by atoms with Crippen LogP contribution in [0.2, 0.25) is 0 Å². The Bertz CT molecular complexity index is 466. The molecule has 0 spiro atoms. The highest BCUT2D eigenvalue weighted by Gasteiger charge is 2.29. The first-order chi connectivity index (χ1) is 9.09. The topological polar surface area (TPSA) is 70.8 Å². The molecule has 104 valence electrons. The van der Waals surface area contributed by atoms with E-state index in [4.69, 9.17) is 9.52 Å². The van der Waals surface area contributed by atoms with Crippen LogP contribution in [0.4, 0.5) is 0 Å². The van der Waals surface area contributed by atoms with Gasteiger partial charge in [-0.05, 0) is 38.7 Å². The molecule has 1 aromatic rings. The summed E-state index contributed by atoms with van der Waals surface area (Å²) < 4.78 is 5.25. The van der Waals surface area contributed by atoms with Gasteiger partial charge in [-0.3, -0.25) is 9.59 Å². The van der Waals surface area contributed by atoms with Crippen LogP contribution in [0.1, 0.15) is 48.2 Å². The molecule has 1 atom stereocenters. The van der Waals surface area contributed by atoms with E-state index in [9.17, 15) is 9.59 Å². The molecule has 1 aliphatic rings. The van der Waals surface area contributed by atoms with Crippen molar-refractivity contribution in [3.8, 4) is 0 Å². The molecule has 0 aliphatic carbocycles. The zero-order chi connectivity index (χ0) is 13.8. The number of nitrogens with zero attached hydrogens (tertiary/aromatic N) is 1. The number of furan rings is 1. The fourth-order valence-corrected chi connectivity index (χ4v) is 2.58. The molecule has 1 N–H and O–H groups in total. The van der Waals surface area contributed by atoms with Gasteiger partial charge in [-0.25, -0.2) is 0 Å². The molecule has 1 aromatic heterocycles. The first kappa shape index (κ1) is 13.6. The fraction of sp³-hybridized carbons (Fsp3) is 0.571. The zero-order valence-corrected chi connectivity index (χ0v) is 11.1. The Labute approximate surface area is 112 Å². The van der Waals surface area contributed by atoms with Gasteiger partial charge in [-0.1, -0.05) is 0 Å². The van der Waals surface area contributed by atoms with Gasteiger partial charge in [0, 0.05) is 24.6 Å². The molecule has 1 aliphatic heterocycles. The van der Waals surface area contributed by atoms with Crippen LogP contribution in [-0.2, 0) is 4.79 Å². The number of amides is 1. The van der Waals surface area contributed by atoms with Gasteiger partial charge in [-0.2, -0.15) is 0 Å². The first-order valence-electron chi connectivity index (χ1n) is 6.66. The number of carbonyl (C=O) groups excluding carboxylic acids is 1. The number of hydrogen-bond acceptors (Lipinski definition) is 3. The lowest BCUT2D eigenvalue weighted by molar-refractivity contribution is -0.137. The van der Waals surface area contributed by atoms with E-state index in [0.717, 1.165) is 24.8 Å².